The maximum atomic E-state index is 12.6. The van der Waals surface area contributed by atoms with Gasteiger partial charge in [0.2, 0.25) is 0 Å². The van der Waals surface area contributed by atoms with Crippen LogP contribution in [0.25, 0.3) is 0 Å². The van der Waals surface area contributed by atoms with E-state index in [1.54, 1.807) is 0 Å². The molecule has 0 amide bonds. The lowest BCUT2D eigenvalue weighted by molar-refractivity contribution is -0.139. The summed E-state index contributed by atoms with van der Waals surface area (Å²) in [6, 6.07) is 3.92. The van der Waals surface area contributed by atoms with Gasteiger partial charge in [-0.1, -0.05) is 12.1 Å². The lowest BCUT2D eigenvalue weighted by Gasteiger charge is -2.28. The van der Waals surface area contributed by atoms with E-state index in [1.807, 2.05) is 4.90 Å². The molecule has 1 aliphatic rings. The molecule has 1 aliphatic heterocycles. The lowest BCUT2D eigenvalue weighted by atomic mass is 10.1. The molecule has 0 aliphatic carbocycles. The van der Waals surface area contributed by atoms with Crippen molar-refractivity contribution < 1.29 is 35.3 Å². The molecule has 11 heteroatoms. The third-order valence-corrected chi connectivity index (χ3v) is 4.75. The van der Waals surface area contributed by atoms with Crippen LogP contribution in [0.5, 0.6) is 5.75 Å². The Hall–Kier alpha value is -1.85. The molecule has 0 aromatic heterocycles. The molecule has 0 spiro atoms. The first kappa shape index (κ1) is 20.5. The number of hydrogen-bond donors (Lipinski definition) is 1. The van der Waals surface area contributed by atoms with Crippen LogP contribution in [0.1, 0.15) is 11.1 Å². The number of nitrogens with zero attached hydrogens (tertiary/aromatic N) is 1. The predicted molar refractivity (Wildman–Crippen MR) is 85.9 cm³/mol. The summed E-state index contributed by atoms with van der Waals surface area (Å²) in [4.78, 5) is 13.4. The fraction of sp³-hybridized carbons (Fsp3) is 0.533. The maximum Gasteiger partial charge on any atom is 0.534 e. The van der Waals surface area contributed by atoms with Crippen molar-refractivity contribution in [2.75, 3.05) is 33.3 Å². The maximum absolute atomic E-state index is 12.6. The highest BCUT2D eigenvalue weighted by Gasteiger charge is 2.48. The second-order valence-electron chi connectivity index (χ2n) is 5.70. The van der Waals surface area contributed by atoms with Crippen LogP contribution in [0.4, 0.5) is 13.2 Å². The second-order valence-corrected chi connectivity index (χ2v) is 7.24. The summed E-state index contributed by atoms with van der Waals surface area (Å²) in [5.74, 6) is -0.927. The minimum absolute atomic E-state index is 0.0860. The average Bonchev–Trinajstić information content (AvgIpc) is 2.57. The molecule has 146 valence electrons. The molecule has 1 heterocycles. The molecule has 0 radical (unpaired) electrons. The molecule has 2 rings (SSSR count). The van der Waals surface area contributed by atoms with Crippen LogP contribution in [0.15, 0.2) is 18.2 Å². The van der Waals surface area contributed by atoms with Gasteiger partial charge in [0.25, 0.3) is 0 Å². The van der Waals surface area contributed by atoms with Crippen molar-refractivity contribution in [2.45, 2.75) is 18.5 Å². The molecule has 0 unspecified atom stereocenters. The number of rotatable bonds is 6. The van der Waals surface area contributed by atoms with Gasteiger partial charge in [-0.15, -0.1) is 0 Å². The molecule has 1 saturated heterocycles. The quantitative estimate of drug-likeness (QED) is 0.437. The molecule has 1 N–H and O–H groups in total. The van der Waals surface area contributed by atoms with E-state index in [-0.39, 0.29) is 18.5 Å². The third kappa shape index (κ3) is 5.32. The summed E-state index contributed by atoms with van der Waals surface area (Å²) in [5.41, 5.74) is -4.79. The van der Waals surface area contributed by atoms with Gasteiger partial charge in [0, 0.05) is 38.3 Å². The normalized spacial score (nSPS) is 16.3. The monoisotopic (exact) mass is 396 g/mol. The van der Waals surface area contributed by atoms with E-state index in [2.05, 4.69) is 14.2 Å². The standard InChI is InChI=1S/C15H19F3N2O5S/c1-24-14(21)9-11-2-3-13(25-26(22,23)15(16,17)18)12(8-11)10-20-6-4-19-5-7-20/h2-3,8,19H,4-7,9-10H2,1H3. The zero-order chi connectivity index (χ0) is 19.4. The minimum atomic E-state index is -5.78. The van der Waals surface area contributed by atoms with Crippen LogP contribution < -0.4 is 9.50 Å². The van der Waals surface area contributed by atoms with Gasteiger partial charge < -0.3 is 14.2 Å². The van der Waals surface area contributed by atoms with E-state index in [9.17, 15) is 26.4 Å². The number of benzene rings is 1. The number of nitrogens with one attached hydrogen (secondary N) is 1. The number of carbonyl (C=O) groups excluding carboxylic acids is 1. The first-order valence-electron chi connectivity index (χ1n) is 7.75. The summed E-state index contributed by atoms with van der Waals surface area (Å²) in [6.45, 7) is 2.90. The smallest absolute Gasteiger partial charge is 0.469 e. The highest BCUT2D eigenvalue weighted by molar-refractivity contribution is 7.88. The Balaban J connectivity index is 2.31. The minimum Gasteiger partial charge on any atom is -0.469 e. The molecular formula is C15H19F3N2O5S. The Morgan fingerprint density at radius 3 is 2.50 bits per heavy atom. The van der Waals surface area contributed by atoms with Gasteiger partial charge in [-0.3, -0.25) is 9.69 Å². The van der Waals surface area contributed by atoms with Gasteiger partial charge in [-0.2, -0.15) is 21.6 Å². The van der Waals surface area contributed by atoms with Crippen LogP contribution in [0.2, 0.25) is 0 Å². The van der Waals surface area contributed by atoms with Crippen LogP contribution in [-0.4, -0.2) is 58.1 Å². The summed E-state index contributed by atoms with van der Waals surface area (Å²) in [5, 5.41) is 3.14. The molecule has 26 heavy (non-hydrogen) atoms. The molecular weight excluding hydrogens is 377 g/mol. The van der Waals surface area contributed by atoms with Crippen LogP contribution in [0, 0.1) is 0 Å². The first-order valence-corrected chi connectivity index (χ1v) is 9.15. The fourth-order valence-electron chi connectivity index (χ4n) is 2.46. The van der Waals surface area contributed by atoms with Crippen LogP contribution >= 0.6 is 0 Å². The van der Waals surface area contributed by atoms with Gasteiger partial charge in [0.05, 0.1) is 13.5 Å². The zero-order valence-electron chi connectivity index (χ0n) is 14.0. The Bertz CT molecular complexity index is 746. The van der Waals surface area contributed by atoms with Crippen molar-refractivity contribution in [1.82, 2.24) is 10.2 Å². The first-order chi connectivity index (χ1) is 12.1. The largest absolute Gasteiger partial charge is 0.534 e. The van der Waals surface area contributed by atoms with E-state index in [0.29, 0.717) is 31.7 Å². The second kappa shape index (κ2) is 8.23. The van der Waals surface area contributed by atoms with Crippen LogP contribution in [-0.2, 0) is 32.6 Å². The van der Waals surface area contributed by atoms with Crippen molar-refractivity contribution in [3.05, 3.63) is 29.3 Å². The van der Waals surface area contributed by atoms with E-state index in [4.69, 9.17) is 0 Å². The lowest BCUT2D eigenvalue weighted by Crippen LogP contribution is -2.43. The number of hydrogen-bond acceptors (Lipinski definition) is 7. The Labute approximate surface area is 149 Å². The number of alkyl halides is 3. The van der Waals surface area contributed by atoms with Crippen molar-refractivity contribution in [1.29, 1.82) is 0 Å². The number of ether oxygens (including phenoxy) is 1. The van der Waals surface area contributed by atoms with Crippen molar-refractivity contribution in [3.8, 4) is 5.75 Å². The molecule has 1 aromatic carbocycles. The fourth-order valence-corrected chi connectivity index (χ4v) is 2.96. The highest BCUT2D eigenvalue weighted by atomic mass is 32.2. The Kier molecular flexibility index (Phi) is 6.48. The van der Waals surface area contributed by atoms with Crippen molar-refractivity contribution in [3.63, 3.8) is 0 Å². The Morgan fingerprint density at radius 2 is 1.92 bits per heavy atom. The molecule has 0 bridgehead atoms. The van der Waals surface area contributed by atoms with E-state index >= 15 is 0 Å². The summed E-state index contributed by atoms with van der Waals surface area (Å²) < 4.78 is 69.4. The number of esters is 1. The number of halogens is 3. The highest BCUT2D eigenvalue weighted by Crippen LogP contribution is 2.30. The van der Waals surface area contributed by atoms with Gasteiger partial charge in [-0.25, -0.2) is 0 Å². The summed E-state index contributed by atoms with van der Waals surface area (Å²) in [6.07, 6.45) is -0.0860. The number of piperazine rings is 1. The van der Waals surface area contributed by atoms with Crippen LogP contribution in [0.3, 0.4) is 0 Å². The number of carbonyl (C=O) groups is 1. The number of methoxy groups -OCH3 is 1. The third-order valence-electron chi connectivity index (χ3n) is 3.79. The zero-order valence-corrected chi connectivity index (χ0v) is 14.8. The summed E-state index contributed by atoms with van der Waals surface area (Å²) in [7, 11) is -4.56. The van der Waals surface area contributed by atoms with Gasteiger partial charge in [-0.05, 0) is 11.6 Å². The summed E-state index contributed by atoms with van der Waals surface area (Å²) >= 11 is 0. The van der Waals surface area contributed by atoms with E-state index in [0.717, 1.165) is 6.07 Å². The van der Waals surface area contributed by atoms with E-state index in [1.165, 1.54) is 19.2 Å². The van der Waals surface area contributed by atoms with E-state index < -0.39 is 27.3 Å². The van der Waals surface area contributed by atoms with Gasteiger partial charge >= 0.3 is 21.6 Å². The topological polar surface area (TPSA) is 84.9 Å². The van der Waals surface area contributed by atoms with Crippen molar-refractivity contribution >= 4 is 16.1 Å². The Morgan fingerprint density at radius 1 is 1.27 bits per heavy atom. The van der Waals surface area contributed by atoms with Gasteiger partial charge in [0.15, 0.2) is 0 Å². The molecule has 1 fully saturated rings. The average molecular weight is 396 g/mol. The molecule has 7 nitrogen and oxygen atoms in total. The SMILES string of the molecule is COC(=O)Cc1ccc(OS(=O)(=O)C(F)(F)F)c(CN2CCNCC2)c1. The van der Waals surface area contributed by atoms with Crippen molar-refractivity contribution in [2.24, 2.45) is 0 Å². The molecule has 1 aromatic rings. The predicted octanol–water partition coefficient (Wildman–Crippen LogP) is 1.04. The molecule has 0 atom stereocenters. The van der Waals surface area contributed by atoms with Gasteiger partial charge in [0.1, 0.15) is 5.75 Å². The molecule has 0 saturated carbocycles.